The smallest absolute Gasteiger partial charge is 0.119 e. The zero-order valence-corrected chi connectivity index (χ0v) is 13.3. The summed E-state index contributed by atoms with van der Waals surface area (Å²) < 4.78 is 10.8. The van der Waals surface area contributed by atoms with Crippen LogP contribution < -0.4 is 10.1 Å². The highest BCUT2D eigenvalue weighted by Gasteiger charge is 1.97. The van der Waals surface area contributed by atoms with E-state index in [2.05, 4.69) is 35.0 Å². The van der Waals surface area contributed by atoms with Crippen molar-refractivity contribution in [2.75, 3.05) is 33.4 Å². The van der Waals surface area contributed by atoms with Gasteiger partial charge in [0.25, 0.3) is 0 Å². The van der Waals surface area contributed by atoms with Crippen LogP contribution in [0.5, 0.6) is 5.75 Å². The van der Waals surface area contributed by atoms with E-state index in [9.17, 15) is 0 Å². The molecule has 1 aromatic heterocycles. The summed E-state index contributed by atoms with van der Waals surface area (Å²) in [5, 5.41) is 5.52. The molecule has 21 heavy (non-hydrogen) atoms. The molecule has 1 heterocycles. The monoisotopic (exact) mass is 305 g/mol. The van der Waals surface area contributed by atoms with E-state index in [1.54, 1.807) is 7.11 Å². The largest absolute Gasteiger partial charge is 0.492 e. The molecule has 0 unspecified atom stereocenters. The summed E-state index contributed by atoms with van der Waals surface area (Å²) in [4.78, 5) is 1.43. The van der Waals surface area contributed by atoms with Crippen LogP contribution in [-0.4, -0.2) is 33.4 Å². The first-order valence-corrected chi connectivity index (χ1v) is 8.20. The Labute approximate surface area is 130 Å². The fourth-order valence-corrected chi connectivity index (χ4v) is 2.71. The average molecular weight is 305 g/mol. The molecule has 0 aliphatic rings. The number of hydrogen-bond acceptors (Lipinski definition) is 4. The first kappa shape index (κ1) is 16.0. The highest BCUT2D eigenvalue weighted by molar-refractivity contribution is 7.09. The van der Waals surface area contributed by atoms with Crippen molar-refractivity contribution in [1.82, 2.24) is 5.32 Å². The Bertz CT molecular complexity index is 482. The minimum absolute atomic E-state index is 0.696. The second-order valence-corrected chi connectivity index (χ2v) is 5.85. The van der Waals surface area contributed by atoms with Gasteiger partial charge in [-0.15, -0.1) is 11.3 Å². The van der Waals surface area contributed by atoms with Crippen molar-refractivity contribution in [3.05, 3.63) is 52.2 Å². The standard InChI is InChI=1S/C17H23NO2S/c1-19-12-9-15-4-6-16(7-5-15)20-13-11-18-10-8-17-3-2-14-21-17/h2-7,14,18H,8-13H2,1H3. The molecule has 0 aliphatic heterocycles. The number of nitrogens with one attached hydrogen (secondary N) is 1. The molecule has 4 heteroatoms. The summed E-state index contributed by atoms with van der Waals surface area (Å²) in [7, 11) is 1.73. The number of rotatable bonds is 10. The second-order valence-electron chi connectivity index (χ2n) is 4.81. The van der Waals surface area contributed by atoms with Gasteiger partial charge in [-0.25, -0.2) is 0 Å². The SMILES string of the molecule is COCCc1ccc(OCCNCCc2cccs2)cc1. The summed E-state index contributed by atoms with van der Waals surface area (Å²) >= 11 is 1.81. The molecule has 114 valence electrons. The van der Waals surface area contributed by atoms with Crippen LogP contribution in [0.4, 0.5) is 0 Å². The van der Waals surface area contributed by atoms with Gasteiger partial charge in [0.1, 0.15) is 12.4 Å². The molecule has 0 saturated heterocycles. The molecule has 0 spiro atoms. The lowest BCUT2D eigenvalue weighted by molar-refractivity contribution is 0.202. The van der Waals surface area contributed by atoms with Crippen LogP contribution in [0.15, 0.2) is 41.8 Å². The number of ether oxygens (including phenoxy) is 2. The van der Waals surface area contributed by atoms with Crippen LogP contribution in [0.3, 0.4) is 0 Å². The molecule has 1 aromatic carbocycles. The fraction of sp³-hybridized carbons (Fsp3) is 0.412. The van der Waals surface area contributed by atoms with E-state index < -0.39 is 0 Å². The van der Waals surface area contributed by atoms with Crippen molar-refractivity contribution >= 4 is 11.3 Å². The minimum Gasteiger partial charge on any atom is -0.492 e. The van der Waals surface area contributed by atoms with Crippen molar-refractivity contribution in [3.63, 3.8) is 0 Å². The van der Waals surface area contributed by atoms with E-state index in [-0.39, 0.29) is 0 Å². The van der Waals surface area contributed by atoms with E-state index >= 15 is 0 Å². The quantitative estimate of drug-likeness (QED) is 0.684. The van der Waals surface area contributed by atoms with Gasteiger partial charge in [-0.05, 0) is 42.0 Å². The molecular formula is C17H23NO2S. The van der Waals surface area contributed by atoms with Crippen LogP contribution in [0, 0.1) is 0 Å². The maximum Gasteiger partial charge on any atom is 0.119 e. The molecule has 0 amide bonds. The highest BCUT2D eigenvalue weighted by atomic mass is 32.1. The lowest BCUT2D eigenvalue weighted by Crippen LogP contribution is -2.23. The molecular weight excluding hydrogens is 282 g/mol. The van der Waals surface area contributed by atoms with Crippen molar-refractivity contribution in [1.29, 1.82) is 0 Å². The fourth-order valence-electron chi connectivity index (χ4n) is 2.00. The van der Waals surface area contributed by atoms with Gasteiger partial charge >= 0.3 is 0 Å². The van der Waals surface area contributed by atoms with E-state index in [1.807, 2.05) is 23.5 Å². The van der Waals surface area contributed by atoms with Crippen LogP contribution in [0.25, 0.3) is 0 Å². The summed E-state index contributed by atoms with van der Waals surface area (Å²) in [6, 6.07) is 12.5. The van der Waals surface area contributed by atoms with E-state index in [4.69, 9.17) is 9.47 Å². The third kappa shape index (κ3) is 6.29. The maximum atomic E-state index is 5.71. The lowest BCUT2D eigenvalue weighted by Gasteiger charge is -2.08. The number of methoxy groups -OCH3 is 1. The normalized spacial score (nSPS) is 10.7. The van der Waals surface area contributed by atoms with Gasteiger partial charge in [-0.2, -0.15) is 0 Å². The molecule has 3 nitrogen and oxygen atoms in total. The second kappa shape index (κ2) is 9.55. The first-order chi connectivity index (χ1) is 10.4. The Morgan fingerprint density at radius 3 is 2.57 bits per heavy atom. The molecule has 0 radical (unpaired) electrons. The van der Waals surface area contributed by atoms with Gasteiger partial charge in [-0.1, -0.05) is 18.2 Å². The summed E-state index contributed by atoms with van der Waals surface area (Å²) in [6.45, 7) is 3.33. The minimum atomic E-state index is 0.696. The highest BCUT2D eigenvalue weighted by Crippen LogP contribution is 2.12. The van der Waals surface area contributed by atoms with Gasteiger partial charge in [0.15, 0.2) is 0 Å². The summed E-state index contributed by atoms with van der Waals surface area (Å²) in [6.07, 6.45) is 2.03. The predicted octanol–water partition coefficient (Wildman–Crippen LogP) is 3.15. The van der Waals surface area contributed by atoms with Crippen LogP contribution >= 0.6 is 11.3 Å². The van der Waals surface area contributed by atoms with E-state index in [0.717, 1.165) is 38.3 Å². The summed E-state index contributed by atoms with van der Waals surface area (Å²) in [5.41, 5.74) is 1.28. The molecule has 0 fully saturated rings. The van der Waals surface area contributed by atoms with Crippen LogP contribution in [0.2, 0.25) is 0 Å². The van der Waals surface area contributed by atoms with Crippen LogP contribution in [-0.2, 0) is 17.6 Å². The Hall–Kier alpha value is -1.36. The average Bonchev–Trinajstić information content (AvgIpc) is 3.03. The number of thiophene rings is 1. The van der Waals surface area contributed by atoms with Crippen LogP contribution in [0.1, 0.15) is 10.4 Å². The number of benzene rings is 1. The Morgan fingerprint density at radius 1 is 1.00 bits per heavy atom. The Balaban J connectivity index is 1.55. The van der Waals surface area contributed by atoms with Crippen molar-refractivity contribution in [3.8, 4) is 5.75 Å². The lowest BCUT2D eigenvalue weighted by atomic mass is 10.1. The summed E-state index contributed by atoms with van der Waals surface area (Å²) in [5.74, 6) is 0.927. The maximum absolute atomic E-state index is 5.71. The predicted molar refractivity (Wildman–Crippen MR) is 88.4 cm³/mol. The number of hydrogen-bond donors (Lipinski definition) is 1. The van der Waals surface area contributed by atoms with Gasteiger partial charge in [0.2, 0.25) is 0 Å². The van der Waals surface area contributed by atoms with Crippen molar-refractivity contribution in [2.45, 2.75) is 12.8 Å². The van der Waals surface area contributed by atoms with E-state index in [1.165, 1.54) is 10.4 Å². The Morgan fingerprint density at radius 2 is 1.86 bits per heavy atom. The molecule has 0 aliphatic carbocycles. The Kier molecular flexibility index (Phi) is 7.29. The topological polar surface area (TPSA) is 30.5 Å². The third-order valence-corrected chi connectivity index (χ3v) is 4.13. The van der Waals surface area contributed by atoms with Crippen molar-refractivity contribution in [2.24, 2.45) is 0 Å². The molecule has 2 rings (SSSR count). The van der Waals surface area contributed by atoms with Gasteiger partial charge in [0.05, 0.1) is 6.61 Å². The third-order valence-electron chi connectivity index (χ3n) is 3.19. The molecule has 0 atom stereocenters. The first-order valence-electron chi connectivity index (χ1n) is 7.32. The molecule has 2 aromatic rings. The van der Waals surface area contributed by atoms with E-state index in [0.29, 0.717) is 6.61 Å². The molecule has 1 N–H and O–H groups in total. The van der Waals surface area contributed by atoms with Gasteiger partial charge < -0.3 is 14.8 Å². The van der Waals surface area contributed by atoms with Crippen molar-refractivity contribution < 1.29 is 9.47 Å². The molecule has 0 bridgehead atoms. The molecule has 0 saturated carbocycles. The van der Waals surface area contributed by atoms with Gasteiger partial charge in [0, 0.05) is 25.1 Å². The zero-order valence-electron chi connectivity index (χ0n) is 12.5. The van der Waals surface area contributed by atoms with Gasteiger partial charge in [-0.3, -0.25) is 0 Å². The zero-order chi connectivity index (χ0) is 14.8.